The average Bonchev–Trinajstić information content (AvgIpc) is 2.94. The number of benzene rings is 2. The zero-order valence-electron chi connectivity index (χ0n) is 21.9. The van der Waals surface area contributed by atoms with Crippen molar-refractivity contribution in [2.45, 2.75) is 48.8 Å². The Bertz CT molecular complexity index is 1300. The molecule has 0 saturated heterocycles. The van der Waals surface area contributed by atoms with Crippen molar-refractivity contribution in [3.8, 4) is 18.1 Å². The van der Waals surface area contributed by atoms with Crippen LogP contribution in [0.1, 0.15) is 42.7 Å². The summed E-state index contributed by atoms with van der Waals surface area (Å²) in [6.45, 7) is -0.453. The summed E-state index contributed by atoms with van der Waals surface area (Å²) in [6.07, 6.45) is 9.92. The topological polar surface area (TPSA) is 114 Å². The van der Waals surface area contributed by atoms with Crippen LogP contribution in [-0.2, 0) is 24.3 Å². The van der Waals surface area contributed by atoms with Crippen molar-refractivity contribution in [1.29, 1.82) is 0 Å². The number of allylic oxidation sites excluding steroid dienone is 1. The molecule has 2 aliphatic rings. The summed E-state index contributed by atoms with van der Waals surface area (Å²) in [5.41, 5.74) is 1.72. The normalized spacial score (nSPS) is 19.4. The van der Waals surface area contributed by atoms with Crippen molar-refractivity contribution >= 4 is 15.9 Å². The van der Waals surface area contributed by atoms with Crippen LogP contribution in [0.5, 0.6) is 5.75 Å². The van der Waals surface area contributed by atoms with Gasteiger partial charge in [0.15, 0.2) is 5.76 Å². The minimum absolute atomic E-state index is 0.000324. The third-order valence-electron chi connectivity index (χ3n) is 6.92. The molecular weight excluding hydrogens is 520 g/mol. The number of hydrogen-bond acceptors (Lipinski definition) is 7. The smallest absolute Gasteiger partial charge is 0.286 e. The molecule has 0 radical (unpaired) electrons. The van der Waals surface area contributed by atoms with E-state index in [-0.39, 0.29) is 54.8 Å². The second kappa shape index (κ2) is 13.1. The molecule has 0 bridgehead atoms. The number of carbonyl (C=O) groups excluding carboxylic acids is 1. The standard InChI is InChI=1S/C29H34N2O7S/c1-3-21-7-9-22(10-8-21)23-19-27(29(33)30-24-5-4-6-24)38-28(20-23)37-18-16-31(15-17-32)39(34,35)26-13-11-25(36-2)12-14-26/h1,7-14,19,23-24,28,32H,4-6,15-18,20H2,2H3,(H,30,33)/t23-,28+/m0/s1. The van der Waals surface area contributed by atoms with E-state index in [4.69, 9.17) is 20.6 Å². The summed E-state index contributed by atoms with van der Waals surface area (Å²) >= 11 is 0. The Kier molecular flexibility index (Phi) is 9.64. The van der Waals surface area contributed by atoms with Crippen LogP contribution in [-0.4, -0.2) is 69.5 Å². The van der Waals surface area contributed by atoms with Gasteiger partial charge in [0.1, 0.15) is 5.75 Å². The summed E-state index contributed by atoms with van der Waals surface area (Å²) in [6, 6.07) is 13.7. The lowest BCUT2D eigenvalue weighted by Gasteiger charge is -2.32. The Morgan fingerprint density at radius 1 is 1.15 bits per heavy atom. The summed E-state index contributed by atoms with van der Waals surface area (Å²) < 4.78 is 44.5. The van der Waals surface area contributed by atoms with E-state index < -0.39 is 16.3 Å². The molecule has 0 aromatic heterocycles. The first-order chi connectivity index (χ1) is 18.8. The Labute approximate surface area is 229 Å². The highest BCUT2D eigenvalue weighted by molar-refractivity contribution is 7.89. The summed E-state index contributed by atoms with van der Waals surface area (Å²) in [7, 11) is -2.38. The molecule has 39 heavy (non-hydrogen) atoms. The van der Waals surface area contributed by atoms with Crippen LogP contribution in [0, 0.1) is 12.3 Å². The summed E-state index contributed by atoms with van der Waals surface area (Å²) in [5.74, 6) is 2.87. The lowest BCUT2D eigenvalue weighted by atomic mass is 9.91. The number of rotatable bonds is 12. The maximum absolute atomic E-state index is 13.2. The first-order valence-corrected chi connectivity index (χ1v) is 14.4. The number of sulfonamides is 1. The molecule has 1 aliphatic heterocycles. The maximum Gasteiger partial charge on any atom is 0.286 e. The molecule has 4 rings (SSSR count). The SMILES string of the molecule is C#Cc1ccc([C@H]2C=C(C(=O)NC3CCC3)O[C@@H](OCCN(CCO)S(=O)(=O)c3ccc(OC)cc3)C2)cc1. The highest BCUT2D eigenvalue weighted by Crippen LogP contribution is 2.32. The van der Waals surface area contributed by atoms with E-state index in [0.29, 0.717) is 12.2 Å². The molecular formula is C29H34N2O7S. The third-order valence-corrected chi connectivity index (χ3v) is 8.83. The number of carbonyl (C=O) groups is 1. The summed E-state index contributed by atoms with van der Waals surface area (Å²) in [5, 5.41) is 12.5. The monoisotopic (exact) mass is 554 g/mol. The van der Waals surface area contributed by atoms with Crippen LogP contribution < -0.4 is 10.1 Å². The lowest BCUT2D eigenvalue weighted by Crippen LogP contribution is -2.42. The van der Waals surface area contributed by atoms with Gasteiger partial charge in [-0.05, 0) is 67.3 Å². The number of aliphatic hydroxyl groups excluding tert-OH is 1. The zero-order valence-corrected chi connectivity index (χ0v) is 22.7. The van der Waals surface area contributed by atoms with Crippen LogP contribution in [0.2, 0.25) is 0 Å². The maximum atomic E-state index is 13.2. The molecule has 2 atom stereocenters. The quantitative estimate of drug-likeness (QED) is 0.388. The molecule has 10 heteroatoms. The van der Waals surface area contributed by atoms with Crippen molar-refractivity contribution in [3.63, 3.8) is 0 Å². The van der Waals surface area contributed by atoms with Gasteiger partial charge in [0.25, 0.3) is 5.91 Å². The van der Waals surface area contributed by atoms with Gasteiger partial charge in [0, 0.05) is 37.0 Å². The van der Waals surface area contributed by atoms with Gasteiger partial charge in [-0.1, -0.05) is 18.1 Å². The first kappa shape index (κ1) is 28.6. The Morgan fingerprint density at radius 3 is 2.46 bits per heavy atom. The number of nitrogens with one attached hydrogen (secondary N) is 1. The highest BCUT2D eigenvalue weighted by Gasteiger charge is 2.31. The molecule has 2 aromatic rings. The fraction of sp³-hybridized carbons (Fsp3) is 0.414. The third kappa shape index (κ3) is 7.19. The number of hydrogen-bond donors (Lipinski definition) is 2. The van der Waals surface area contributed by atoms with Crippen molar-refractivity contribution < 1.29 is 32.5 Å². The number of amides is 1. The largest absolute Gasteiger partial charge is 0.497 e. The van der Waals surface area contributed by atoms with Crippen molar-refractivity contribution in [1.82, 2.24) is 9.62 Å². The highest BCUT2D eigenvalue weighted by atomic mass is 32.2. The predicted octanol–water partition coefficient (Wildman–Crippen LogP) is 2.76. The molecule has 208 valence electrons. The number of ether oxygens (including phenoxy) is 3. The first-order valence-electron chi connectivity index (χ1n) is 13.0. The second-order valence-corrected chi connectivity index (χ2v) is 11.4. The van der Waals surface area contributed by atoms with Crippen molar-refractivity contribution in [2.24, 2.45) is 0 Å². The number of terminal acetylenes is 1. The molecule has 2 aromatic carbocycles. The van der Waals surface area contributed by atoms with Crippen LogP contribution in [0.4, 0.5) is 0 Å². The molecule has 1 fully saturated rings. The van der Waals surface area contributed by atoms with Crippen molar-refractivity contribution in [3.05, 3.63) is 71.5 Å². The van der Waals surface area contributed by atoms with Gasteiger partial charge in [-0.15, -0.1) is 6.42 Å². The lowest BCUT2D eigenvalue weighted by molar-refractivity contribution is -0.147. The van der Waals surface area contributed by atoms with Crippen LogP contribution in [0.25, 0.3) is 0 Å². The molecule has 2 N–H and O–H groups in total. The molecule has 1 saturated carbocycles. The Balaban J connectivity index is 1.44. The Morgan fingerprint density at radius 2 is 1.87 bits per heavy atom. The molecule has 1 aliphatic carbocycles. The van der Waals surface area contributed by atoms with E-state index in [1.807, 2.05) is 24.3 Å². The van der Waals surface area contributed by atoms with Gasteiger partial charge >= 0.3 is 0 Å². The molecule has 0 unspecified atom stereocenters. The molecule has 9 nitrogen and oxygen atoms in total. The number of nitrogens with zero attached hydrogens (tertiary/aromatic N) is 1. The number of aliphatic hydroxyl groups is 1. The van der Waals surface area contributed by atoms with Gasteiger partial charge in [-0.25, -0.2) is 8.42 Å². The van der Waals surface area contributed by atoms with E-state index in [2.05, 4.69) is 11.2 Å². The molecule has 1 heterocycles. The van der Waals surface area contributed by atoms with Crippen LogP contribution in [0.3, 0.4) is 0 Å². The van der Waals surface area contributed by atoms with E-state index in [0.717, 1.165) is 34.7 Å². The average molecular weight is 555 g/mol. The molecule has 1 amide bonds. The minimum Gasteiger partial charge on any atom is -0.497 e. The second-order valence-electron chi connectivity index (χ2n) is 9.46. The van der Waals surface area contributed by atoms with E-state index >= 15 is 0 Å². The zero-order chi connectivity index (χ0) is 27.8. The fourth-order valence-electron chi connectivity index (χ4n) is 4.43. The predicted molar refractivity (Wildman–Crippen MR) is 145 cm³/mol. The minimum atomic E-state index is -3.88. The van der Waals surface area contributed by atoms with Gasteiger partial charge in [0.2, 0.25) is 16.3 Å². The van der Waals surface area contributed by atoms with Crippen LogP contribution in [0.15, 0.2) is 65.3 Å². The van der Waals surface area contributed by atoms with Gasteiger partial charge in [-0.2, -0.15) is 4.31 Å². The Hall–Kier alpha value is -3.36. The van der Waals surface area contributed by atoms with Gasteiger partial charge < -0.3 is 24.6 Å². The van der Waals surface area contributed by atoms with Gasteiger partial charge in [0.05, 0.1) is 25.2 Å². The van der Waals surface area contributed by atoms with Gasteiger partial charge in [-0.3, -0.25) is 4.79 Å². The molecule has 0 spiro atoms. The fourth-order valence-corrected chi connectivity index (χ4v) is 5.85. The van der Waals surface area contributed by atoms with E-state index in [9.17, 15) is 18.3 Å². The van der Waals surface area contributed by atoms with Crippen LogP contribution >= 0.6 is 0 Å². The number of methoxy groups -OCH3 is 1. The van der Waals surface area contributed by atoms with Crippen molar-refractivity contribution in [2.75, 3.05) is 33.4 Å². The van der Waals surface area contributed by atoms with E-state index in [1.54, 1.807) is 18.2 Å². The summed E-state index contributed by atoms with van der Waals surface area (Å²) in [4.78, 5) is 13.0. The van der Waals surface area contributed by atoms with E-state index in [1.165, 1.54) is 19.2 Å².